The zero-order valence-corrected chi connectivity index (χ0v) is 18.7. The van der Waals surface area contributed by atoms with Crippen molar-refractivity contribution in [2.24, 2.45) is 5.92 Å². The summed E-state index contributed by atoms with van der Waals surface area (Å²) in [7, 11) is 0. The second-order valence-corrected chi connectivity index (χ2v) is 9.18. The third-order valence-electron chi connectivity index (χ3n) is 6.93. The monoisotopic (exact) mass is 468 g/mol. The van der Waals surface area contributed by atoms with Crippen molar-refractivity contribution in [3.8, 4) is 0 Å². The molecule has 0 saturated carbocycles. The smallest absolute Gasteiger partial charge is 0.363 e. The second kappa shape index (κ2) is 9.16. The van der Waals surface area contributed by atoms with Gasteiger partial charge in [-0.05, 0) is 36.3 Å². The molecule has 1 N–H and O–H groups in total. The SMILES string of the molecule is O=C(c1cnn2c1NC(c1ccccc1)CC2C(F)(F)F)N1CCC(CCc2ccccc2)C1. The quantitative estimate of drug-likeness (QED) is 0.527. The Hall–Kier alpha value is -3.29. The molecule has 3 atom stereocenters. The number of nitrogens with zero attached hydrogens (tertiary/aromatic N) is 3. The lowest BCUT2D eigenvalue weighted by Gasteiger charge is -2.34. The molecule has 3 heterocycles. The summed E-state index contributed by atoms with van der Waals surface area (Å²) in [6.07, 6.45) is -0.538. The van der Waals surface area contributed by atoms with Crippen molar-refractivity contribution in [1.29, 1.82) is 0 Å². The molecule has 2 aliphatic heterocycles. The van der Waals surface area contributed by atoms with Crippen molar-refractivity contribution in [1.82, 2.24) is 14.7 Å². The molecule has 178 valence electrons. The minimum absolute atomic E-state index is 0.153. The van der Waals surface area contributed by atoms with Crippen LogP contribution in [0, 0.1) is 5.92 Å². The van der Waals surface area contributed by atoms with Gasteiger partial charge in [-0.2, -0.15) is 18.3 Å². The largest absolute Gasteiger partial charge is 0.410 e. The Morgan fingerprint density at radius 1 is 1.06 bits per heavy atom. The zero-order chi connectivity index (χ0) is 23.7. The Bertz CT molecular complexity index is 1130. The number of fused-ring (bicyclic) bond motifs is 1. The average molecular weight is 469 g/mol. The molecule has 34 heavy (non-hydrogen) atoms. The van der Waals surface area contributed by atoms with Gasteiger partial charge in [0.1, 0.15) is 11.4 Å². The van der Waals surface area contributed by atoms with Crippen LogP contribution in [-0.4, -0.2) is 39.9 Å². The molecule has 3 aromatic rings. The fourth-order valence-electron chi connectivity index (χ4n) is 5.06. The van der Waals surface area contributed by atoms with E-state index in [0.717, 1.165) is 29.5 Å². The predicted molar refractivity (Wildman–Crippen MR) is 124 cm³/mol. The number of amides is 1. The Morgan fingerprint density at radius 3 is 2.47 bits per heavy atom. The van der Waals surface area contributed by atoms with E-state index in [0.29, 0.717) is 19.0 Å². The van der Waals surface area contributed by atoms with E-state index in [-0.39, 0.29) is 23.7 Å². The van der Waals surface area contributed by atoms with Crippen LogP contribution in [0.25, 0.3) is 0 Å². The van der Waals surface area contributed by atoms with Crippen LogP contribution in [0.4, 0.5) is 19.0 Å². The number of nitrogens with one attached hydrogen (secondary N) is 1. The second-order valence-electron chi connectivity index (χ2n) is 9.18. The highest BCUT2D eigenvalue weighted by molar-refractivity contribution is 5.99. The molecule has 1 saturated heterocycles. The van der Waals surface area contributed by atoms with Gasteiger partial charge in [0.05, 0.1) is 12.2 Å². The molecule has 0 spiro atoms. The number of anilines is 1. The number of benzene rings is 2. The molecular formula is C26H27F3N4O. The van der Waals surface area contributed by atoms with Gasteiger partial charge in [-0.15, -0.1) is 0 Å². The summed E-state index contributed by atoms with van der Waals surface area (Å²) in [4.78, 5) is 15.1. The van der Waals surface area contributed by atoms with Crippen LogP contribution in [0.5, 0.6) is 0 Å². The van der Waals surface area contributed by atoms with Crippen LogP contribution >= 0.6 is 0 Å². The van der Waals surface area contributed by atoms with E-state index in [4.69, 9.17) is 0 Å². The molecule has 5 nitrogen and oxygen atoms in total. The van der Waals surface area contributed by atoms with Crippen molar-refractivity contribution in [3.63, 3.8) is 0 Å². The zero-order valence-electron chi connectivity index (χ0n) is 18.7. The number of hydrogen-bond donors (Lipinski definition) is 1. The maximum atomic E-state index is 13.9. The van der Waals surface area contributed by atoms with Gasteiger partial charge in [0, 0.05) is 19.5 Å². The molecule has 3 unspecified atom stereocenters. The molecular weight excluding hydrogens is 441 g/mol. The van der Waals surface area contributed by atoms with Crippen molar-refractivity contribution in [2.75, 3.05) is 18.4 Å². The van der Waals surface area contributed by atoms with E-state index in [1.165, 1.54) is 11.8 Å². The fourth-order valence-corrected chi connectivity index (χ4v) is 5.06. The van der Waals surface area contributed by atoms with Crippen LogP contribution in [0.15, 0.2) is 66.9 Å². The molecule has 0 radical (unpaired) electrons. The van der Waals surface area contributed by atoms with Crippen LogP contribution in [-0.2, 0) is 6.42 Å². The third kappa shape index (κ3) is 4.54. The predicted octanol–water partition coefficient (Wildman–Crippen LogP) is 5.64. The molecule has 5 rings (SSSR count). The number of halogens is 3. The normalized spacial score (nSPS) is 22.3. The van der Waals surface area contributed by atoms with Gasteiger partial charge in [0.15, 0.2) is 6.04 Å². The lowest BCUT2D eigenvalue weighted by Crippen LogP contribution is -2.37. The maximum absolute atomic E-state index is 13.9. The number of hydrogen-bond acceptors (Lipinski definition) is 3. The van der Waals surface area contributed by atoms with Crippen LogP contribution in [0.2, 0.25) is 0 Å². The van der Waals surface area contributed by atoms with E-state index in [1.54, 1.807) is 29.2 Å². The van der Waals surface area contributed by atoms with Crippen molar-refractivity contribution in [3.05, 3.63) is 83.6 Å². The number of likely N-dealkylation sites (tertiary alicyclic amines) is 1. The first-order chi connectivity index (χ1) is 16.4. The average Bonchev–Trinajstić information content (AvgIpc) is 3.50. The van der Waals surface area contributed by atoms with Crippen LogP contribution in [0.1, 0.15) is 52.8 Å². The molecule has 1 amide bonds. The van der Waals surface area contributed by atoms with Gasteiger partial charge in [-0.3, -0.25) is 4.79 Å². The Kier molecular flexibility index (Phi) is 6.06. The summed E-state index contributed by atoms with van der Waals surface area (Å²) in [6, 6.07) is 16.9. The molecule has 2 aliphatic rings. The van der Waals surface area contributed by atoms with Crippen molar-refractivity contribution >= 4 is 11.7 Å². The van der Waals surface area contributed by atoms with Crippen molar-refractivity contribution < 1.29 is 18.0 Å². The topological polar surface area (TPSA) is 50.2 Å². The summed E-state index contributed by atoms with van der Waals surface area (Å²) < 4.78 is 42.7. The molecule has 1 fully saturated rings. The van der Waals surface area contributed by atoms with Gasteiger partial charge in [0.2, 0.25) is 0 Å². The third-order valence-corrected chi connectivity index (χ3v) is 6.93. The van der Waals surface area contributed by atoms with E-state index in [1.807, 2.05) is 24.3 Å². The van der Waals surface area contributed by atoms with E-state index < -0.39 is 18.3 Å². The number of aryl methyl sites for hydroxylation is 1. The number of carbonyl (C=O) groups is 1. The molecule has 0 aliphatic carbocycles. The number of carbonyl (C=O) groups excluding carboxylic acids is 1. The Morgan fingerprint density at radius 2 is 1.76 bits per heavy atom. The standard InChI is InChI=1S/C26H27F3N4O/c27-26(28,29)23-15-22(20-9-5-2-6-10-20)31-24-21(16-30-33(23)24)25(34)32-14-13-19(17-32)12-11-18-7-3-1-4-8-18/h1-10,16,19,22-23,31H,11-15,17H2. The lowest BCUT2D eigenvalue weighted by molar-refractivity contribution is -0.173. The van der Waals surface area contributed by atoms with Gasteiger partial charge in [-0.1, -0.05) is 60.7 Å². The summed E-state index contributed by atoms with van der Waals surface area (Å²) in [5, 5.41) is 7.19. The Balaban J connectivity index is 1.33. The highest BCUT2D eigenvalue weighted by Crippen LogP contribution is 2.44. The minimum atomic E-state index is -4.47. The number of rotatable bonds is 5. The van der Waals surface area contributed by atoms with Crippen LogP contribution < -0.4 is 5.32 Å². The Labute approximate surface area is 196 Å². The first-order valence-electron chi connectivity index (χ1n) is 11.7. The molecule has 1 aromatic heterocycles. The first-order valence-corrected chi connectivity index (χ1v) is 11.7. The van der Waals surface area contributed by atoms with Gasteiger partial charge in [0.25, 0.3) is 5.91 Å². The highest BCUT2D eigenvalue weighted by atomic mass is 19.4. The first kappa shape index (κ1) is 22.5. The number of alkyl halides is 3. The number of aromatic nitrogens is 2. The fraction of sp³-hybridized carbons (Fsp3) is 0.385. The highest BCUT2D eigenvalue weighted by Gasteiger charge is 2.47. The van der Waals surface area contributed by atoms with Gasteiger partial charge in [-0.25, -0.2) is 4.68 Å². The molecule has 0 bridgehead atoms. The minimum Gasteiger partial charge on any atom is -0.363 e. The van der Waals surface area contributed by atoms with E-state index in [2.05, 4.69) is 22.5 Å². The molecule has 2 aromatic carbocycles. The van der Waals surface area contributed by atoms with Crippen LogP contribution in [0.3, 0.4) is 0 Å². The van der Waals surface area contributed by atoms with Crippen molar-refractivity contribution in [2.45, 2.75) is 43.9 Å². The summed E-state index contributed by atoms with van der Waals surface area (Å²) in [5.74, 6) is 0.272. The maximum Gasteiger partial charge on any atom is 0.410 e. The summed E-state index contributed by atoms with van der Waals surface area (Å²) in [6.45, 7) is 1.22. The lowest BCUT2D eigenvalue weighted by atomic mass is 9.96. The van der Waals surface area contributed by atoms with E-state index >= 15 is 0 Å². The van der Waals surface area contributed by atoms with Gasteiger partial charge < -0.3 is 10.2 Å². The van der Waals surface area contributed by atoms with Gasteiger partial charge >= 0.3 is 6.18 Å². The molecule has 8 heteroatoms. The summed E-state index contributed by atoms with van der Waals surface area (Å²) in [5.41, 5.74) is 2.23. The van der Waals surface area contributed by atoms with E-state index in [9.17, 15) is 18.0 Å². The summed E-state index contributed by atoms with van der Waals surface area (Å²) >= 11 is 0.